The van der Waals surface area contributed by atoms with Gasteiger partial charge in [0.25, 0.3) is 5.91 Å². The van der Waals surface area contributed by atoms with E-state index in [1.807, 2.05) is 6.92 Å². The molecule has 0 aromatic heterocycles. The van der Waals surface area contributed by atoms with Crippen molar-refractivity contribution in [2.45, 2.75) is 13.3 Å². The van der Waals surface area contributed by atoms with Gasteiger partial charge in [-0.3, -0.25) is 9.59 Å². The van der Waals surface area contributed by atoms with E-state index >= 15 is 0 Å². The van der Waals surface area contributed by atoms with E-state index in [1.54, 1.807) is 19.2 Å². The number of rotatable bonds is 7. The van der Waals surface area contributed by atoms with Crippen LogP contribution >= 0.6 is 0 Å². The molecule has 0 atom stereocenters. The summed E-state index contributed by atoms with van der Waals surface area (Å²) in [6.45, 7) is 2.94. The number of phenolic OH excluding ortho intramolecular Hbond substituents is 1. The maximum atomic E-state index is 11.8. The van der Waals surface area contributed by atoms with Gasteiger partial charge >= 0.3 is 0 Å². The van der Waals surface area contributed by atoms with Crippen LogP contribution in [0.2, 0.25) is 0 Å². The predicted molar refractivity (Wildman–Crippen MR) is 74.7 cm³/mol. The maximum absolute atomic E-state index is 11.8. The molecular weight excluding hydrogens is 260 g/mol. The minimum absolute atomic E-state index is 0.0629. The fraction of sp³-hybridized carbons (Fsp3) is 0.429. The summed E-state index contributed by atoms with van der Waals surface area (Å²) in [5.41, 5.74) is 1.08. The molecular formula is C14H20N2O4. The summed E-state index contributed by atoms with van der Waals surface area (Å²) < 4.78 is 4.80. The van der Waals surface area contributed by atoms with Crippen LogP contribution in [0.5, 0.6) is 5.75 Å². The Hall–Kier alpha value is -2.08. The lowest BCUT2D eigenvalue weighted by Gasteiger charge is -2.08. The van der Waals surface area contributed by atoms with Crippen LogP contribution in [0.1, 0.15) is 22.3 Å². The number of ether oxygens (including phenoxy) is 1. The van der Waals surface area contributed by atoms with E-state index in [0.29, 0.717) is 13.2 Å². The number of methoxy groups -OCH3 is 1. The predicted octanol–water partition coefficient (Wildman–Crippen LogP) is 0.583. The highest BCUT2D eigenvalue weighted by Gasteiger charge is 2.11. The molecule has 110 valence electrons. The van der Waals surface area contributed by atoms with Crippen LogP contribution < -0.4 is 10.6 Å². The van der Waals surface area contributed by atoms with E-state index in [0.717, 1.165) is 5.56 Å². The number of nitrogens with one attached hydrogen (secondary N) is 2. The number of amides is 2. The van der Waals surface area contributed by atoms with Crippen LogP contribution in [0.25, 0.3) is 0 Å². The lowest BCUT2D eigenvalue weighted by Crippen LogP contribution is -2.32. The second-order valence-electron chi connectivity index (χ2n) is 4.37. The lowest BCUT2D eigenvalue weighted by atomic mass is 10.1. The summed E-state index contributed by atoms with van der Waals surface area (Å²) in [5, 5.41) is 14.9. The van der Waals surface area contributed by atoms with Gasteiger partial charge in [-0.1, -0.05) is 6.07 Å². The zero-order valence-electron chi connectivity index (χ0n) is 11.7. The number of carbonyl (C=O) groups is 2. The fourth-order valence-electron chi connectivity index (χ4n) is 1.60. The average molecular weight is 280 g/mol. The van der Waals surface area contributed by atoms with Crippen LogP contribution in [0.4, 0.5) is 0 Å². The second kappa shape index (κ2) is 8.16. The van der Waals surface area contributed by atoms with Gasteiger partial charge in [0.15, 0.2) is 0 Å². The molecule has 1 aromatic rings. The molecule has 0 aliphatic carbocycles. The normalized spacial score (nSPS) is 10.1. The summed E-state index contributed by atoms with van der Waals surface area (Å²) in [6, 6.07) is 4.82. The third-order valence-corrected chi connectivity index (χ3v) is 2.66. The highest BCUT2D eigenvalue weighted by molar-refractivity contribution is 5.97. The first-order valence-corrected chi connectivity index (χ1v) is 6.38. The van der Waals surface area contributed by atoms with Crippen molar-refractivity contribution in [1.82, 2.24) is 10.6 Å². The molecule has 0 bridgehead atoms. The molecule has 0 heterocycles. The van der Waals surface area contributed by atoms with Crippen molar-refractivity contribution in [3.8, 4) is 5.75 Å². The molecule has 20 heavy (non-hydrogen) atoms. The molecule has 1 rings (SSSR count). The largest absolute Gasteiger partial charge is 0.507 e. The molecule has 0 fully saturated rings. The van der Waals surface area contributed by atoms with Crippen molar-refractivity contribution in [3.63, 3.8) is 0 Å². The van der Waals surface area contributed by atoms with Gasteiger partial charge in [0.1, 0.15) is 5.75 Å². The number of hydrogen-bond donors (Lipinski definition) is 3. The Morgan fingerprint density at radius 1 is 1.25 bits per heavy atom. The van der Waals surface area contributed by atoms with Crippen molar-refractivity contribution in [1.29, 1.82) is 0 Å². The Kier molecular flexibility index (Phi) is 6.52. The van der Waals surface area contributed by atoms with Crippen molar-refractivity contribution < 1.29 is 19.4 Å². The maximum Gasteiger partial charge on any atom is 0.255 e. The summed E-state index contributed by atoms with van der Waals surface area (Å²) in [7, 11) is 1.56. The summed E-state index contributed by atoms with van der Waals surface area (Å²) in [4.78, 5) is 23.2. The van der Waals surface area contributed by atoms with Crippen molar-refractivity contribution in [2.75, 3.05) is 26.8 Å². The molecule has 3 N–H and O–H groups in total. The topological polar surface area (TPSA) is 87.7 Å². The van der Waals surface area contributed by atoms with Crippen LogP contribution in [0.3, 0.4) is 0 Å². The van der Waals surface area contributed by atoms with Gasteiger partial charge in [-0.15, -0.1) is 0 Å². The number of benzene rings is 1. The van der Waals surface area contributed by atoms with Gasteiger partial charge in [0, 0.05) is 26.6 Å². The van der Waals surface area contributed by atoms with Crippen LogP contribution in [0.15, 0.2) is 18.2 Å². The minimum atomic E-state index is -0.396. The van der Waals surface area contributed by atoms with E-state index in [9.17, 15) is 14.7 Å². The molecule has 2 amide bonds. The van der Waals surface area contributed by atoms with Crippen molar-refractivity contribution in [3.05, 3.63) is 29.3 Å². The molecule has 0 unspecified atom stereocenters. The highest BCUT2D eigenvalue weighted by Crippen LogP contribution is 2.17. The first-order chi connectivity index (χ1) is 9.54. The second-order valence-corrected chi connectivity index (χ2v) is 4.37. The smallest absolute Gasteiger partial charge is 0.255 e. The van der Waals surface area contributed by atoms with Gasteiger partial charge < -0.3 is 20.5 Å². The van der Waals surface area contributed by atoms with E-state index in [1.165, 1.54) is 6.07 Å². The number of hydrogen-bond acceptors (Lipinski definition) is 4. The van der Waals surface area contributed by atoms with Crippen LogP contribution in [0, 0.1) is 6.92 Å². The third-order valence-electron chi connectivity index (χ3n) is 2.66. The summed E-state index contributed by atoms with van der Waals surface area (Å²) >= 11 is 0. The van der Waals surface area contributed by atoms with Crippen molar-refractivity contribution >= 4 is 11.8 Å². The first-order valence-electron chi connectivity index (χ1n) is 6.38. The summed E-state index contributed by atoms with van der Waals surface area (Å²) in [6.07, 6.45) is 0.183. The quantitative estimate of drug-likeness (QED) is 0.638. The van der Waals surface area contributed by atoms with Gasteiger partial charge in [0.2, 0.25) is 5.91 Å². The SMILES string of the molecule is COCCNC(=O)CCNC(=O)c1ccc(C)cc1O. The number of phenols is 1. The Morgan fingerprint density at radius 2 is 2.00 bits per heavy atom. The molecule has 0 spiro atoms. The number of carbonyl (C=O) groups excluding carboxylic acids is 2. The molecule has 1 aromatic carbocycles. The van der Waals surface area contributed by atoms with Crippen LogP contribution in [-0.4, -0.2) is 43.7 Å². The highest BCUT2D eigenvalue weighted by atomic mass is 16.5. The third kappa shape index (κ3) is 5.27. The monoisotopic (exact) mass is 280 g/mol. The Labute approximate surface area is 118 Å². The molecule has 6 heteroatoms. The van der Waals surface area contributed by atoms with Gasteiger partial charge in [-0.25, -0.2) is 0 Å². The Bertz CT molecular complexity index is 474. The minimum Gasteiger partial charge on any atom is -0.507 e. The molecule has 6 nitrogen and oxygen atoms in total. The standard InChI is InChI=1S/C14H20N2O4/c1-10-3-4-11(12(17)9-10)14(19)16-6-5-13(18)15-7-8-20-2/h3-4,9,17H,5-8H2,1-2H3,(H,15,18)(H,16,19). The van der Waals surface area contributed by atoms with E-state index in [2.05, 4.69) is 10.6 Å². The van der Waals surface area contributed by atoms with Gasteiger partial charge in [0.05, 0.1) is 12.2 Å². The van der Waals surface area contributed by atoms with Crippen molar-refractivity contribution in [2.24, 2.45) is 0 Å². The van der Waals surface area contributed by atoms with E-state index < -0.39 is 5.91 Å². The van der Waals surface area contributed by atoms with Gasteiger partial charge in [-0.2, -0.15) is 0 Å². The lowest BCUT2D eigenvalue weighted by molar-refractivity contribution is -0.121. The van der Waals surface area contributed by atoms with E-state index in [4.69, 9.17) is 4.74 Å². The number of aromatic hydroxyl groups is 1. The molecule has 0 aliphatic rings. The fourth-order valence-corrected chi connectivity index (χ4v) is 1.60. The summed E-state index contributed by atoms with van der Waals surface area (Å²) in [5.74, 6) is -0.616. The zero-order chi connectivity index (χ0) is 15.0. The molecule has 0 saturated carbocycles. The Morgan fingerprint density at radius 3 is 2.65 bits per heavy atom. The first kappa shape index (κ1) is 16.0. The average Bonchev–Trinajstić information content (AvgIpc) is 2.38. The van der Waals surface area contributed by atoms with E-state index in [-0.39, 0.29) is 30.2 Å². The zero-order valence-corrected chi connectivity index (χ0v) is 11.7. The molecule has 0 saturated heterocycles. The van der Waals surface area contributed by atoms with Gasteiger partial charge in [-0.05, 0) is 24.6 Å². The molecule has 0 radical (unpaired) electrons. The van der Waals surface area contributed by atoms with Crippen LogP contribution in [-0.2, 0) is 9.53 Å². The molecule has 0 aliphatic heterocycles. The Balaban J connectivity index is 2.34. The number of aryl methyl sites for hydroxylation is 1.